The third kappa shape index (κ3) is 5.64. The van der Waals surface area contributed by atoms with E-state index in [1.54, 1.807) is 42.5 Å². The van der Waals surface area contributed by atoms with E-state index in [1.165, 1.54) is 16.8 Å². The molecule has 0 unspecified atom stereocenters. The summed E-state index contributed by atoms with van der Waals surface area (Å²) < 4.78 is 12.4. The van der Waals surface area contributed by atoms with E-state index >= 15 is 0 Å². The van der Waals surface area contributed by atoms with Crippen LogP contribution in [0.1, 0.15) is 25.8 Å². The summed E-state index contributed by atoms with van der Waals surface area (Å²) >= 11 is 6.08. The Hall–Kier alpha value is -3.32. The Balaban J connectivity index is 1.77. The monoisotopic (exact) mass is 441 g/mol. The summed E-state index contributed by atoms with van der Waals surface area (Å²) in [7, 11) is 0. The van der Waals surface area contributed by atoms with Gasteiger partial charge in [0.1, 0.15) is 5.75 Å². The van der Waals surface area contributed by atoms with Crippen molar-refractivity contribution in [2.45, 2.75) is 33.3 Å². The summed E-state index contributed by atoms with van der Waals surface area (Å²) in [6, 6.07) is 15.1. The summed E-state index contributed by atoms with van der Waals surface area (Å²) in [6.07, 6.45) is -0.370. The zero-order chi connectivity index (χ0) is 22.4. The van der Waals surface area contributed by atoms with Gasteiger partial charge in [-0.3, -0.25) is 9.59 Å². The number of carbonyl (C=O) groups is 1. The Labute approximate surface area is 185 Å². The third-order valence-corrected chi connectivity index (χ3v) is 4.77. The minimum Gasteiger partial charge on any atom is -0.494 e. The van der Waals surface area contributed by atoms with Crippen LogP contribution >= 0.6 is 11.6 Å². The molecule has 31 heavy (non-hydrogen) atoms. The average Bonchev–Trinajstić information content (AvgIpc) is 2.76. The SMILES string of the molecule is CCOc1ccc(NC(=O)[C@@H](CC)Oc2ccc(=O)n(-c3cc(Cl)ccc3C)n2)cc1. The van der Waals surface area contributed by atoms with Crippen molar-refractivity contribution in [3.05, 3.63) is 75.5 Å². The first-order chi connectivity index (χ1) is 14.9. The van der Waals surface area contributed by atoms with Crippen LogP contribution in [0.2, 0.25) is 5.02 Å². The van der Waals surface area contributed by atoms with Gasteiger partial charge >= 0.3 is 0 Å². The van der Waals surface area contributed by atoms with E-state index in [0.717, 1.165) is 11.3 Å². The maximum absolute atomic E-state index is 12.7. The molecule has 2 aromatic carbocycles. The van der Waals surface area contributed by atoms with Crippen molar-refractivity contribution in [2.75, 3.05) is 11.9 Å². The maximum atomic E-state index is 12.7. The molecular formula is C23H24ClN3O4. The molecule has 0 fully saturated rings. The minimum atomic E-state index is -0.787. The number of aryl methyl sites for hydroxylation is 1. The quantitative estimate of drug-likeness (QED) is 0.560. The Bertz CT molecular complexity index is 1110. The van der Waals surface area contributed by atoms with Crippen molar-refractivity contribution in [2.24, 2.45) is 0 Å². The van der Waals surface area contributed by atoms with Crippen LogP contribution in [-0.2, 0) is 4.79 Å². The van der Waals surface area contributed by atoms with Crippen LogP contribution in [0.5, 0.6) is 11.6 Å². The van der Waals surface area contributed by atoms with Gasteiger partial charge in [0, 0.05) is 22.8 Å². The van der Waals surface area contributed by atoms with Crippen molar-refractivity contribution in [3.8, 4) is 17.3 Å². The lowest BCUT2D eigenvalue weighted by Crippen LogP contribution is -2.33. The highest BCUT2D eigenvalue weighted by molar-refractivity contribution is 6.30. The fourth-order valence-electron chi connectivity index (χ4n) is 2.93. The molecule has 0 saturated heterocycles. The van der Waals surface area contributed by atoms with Gasteiger partial charge < -0.3 is 14.8 Å². The van der Waals surface area contributed by atoms with E-state index in [0.29, 0.717) is 29.4 Å². The van der Waals surface area contributed by atoms with Gasteiger partial charge in [-0.15, -0.1) is 5.10 Å². The first kappa shape index (κ1) is 22.4. The molecule has 0 aliphatic carbocycles. The van der Waals surface area contributed by atoms with E-state index in [1.807, 2.05) is 20.8 Å². The van der Waals surface area contributed by atoms with Crippen LogP contribution in [0, 0.1) is 6.92 Å². The first-order valence-corrected chi connectivity index (χ1v) is 10.4. The molecule has 162 valence electrons. The molecule has 1 atom stereocenters. The van der Waals surface area contributed by atoms with Gasteiger partial charge in [0.25, 0.3) is 11.5 Å². The van der Waals surface area contributed by atoms with Gasteiger partial charge in [-0.05, 0) is 62.2 Å². The predicted octanol–water partition coefficient (Wildman–Crippen LogP) is 4.39. The molecule has 1 amide bonds. The number of anilines is 1. The Morgan fingerprint density at radius 3 is 2.55 bits per heavy atom. The smallest absolute Gasteiger partial charge is 0.271 e. The minimum absolute atomic E-state index is 0.160. The summed E-state index contributed by atoms with van der Waals surface area (Å²) in [5.74, 6) is 0.573. The summed E-state index contributed by atoms with van der Waals surface area (Å²) in [5, 5.41) is 7.59. The summed E-state index contributed by atoms with van der Waals surface area (Å²) in [5.41, 5.74) is 1.68. The van der Waals surface area contributed by atoms with Gasteiger partial charge in [0.05, 0.1) is 12.3 Å². The number of aromatic nitrogens is 2. The zero-order valence-electron chi connectivity index (χ0n) is 17.6. The molecule has 1 heterocycles. The maximum Gasteiger partial charge on any atom is 0.271 e. The molecule has 3 rings (SSSR count). The van der Waals surface area contributed by atoms with E-state index in [-0.39, 0.29) is 17.3 Å². The largest absolute Gasteiger partial charge is 0.494 e. The number of rotatable bonds is 8. The lowest BCUT2D eigenvalue weighted by atomic mass is 10.2. The van der Waals surface area contributed by atoms with Crippen LogP contribution in [0.4, 0.5) is 5.69 Å². The molecule has 0 radical (unpaired) electrons. The summed E-state index contributed by atoms with van der Waals surface area (Å²) in [4.78, 5) is 25.1. The predicted molar refractivity (Wildman–Crippen MR) is 121 cm³/mol. The molecule has 0 aliphatic rings. The van der Waals surface area contributed by atoms with E-state index in [2.05, 4.69) is 10.4 Å². The number of halogens is 1. The van der Waals surface area contributed by atoms with Gasteiger partial charge in [0.2, 0.25) is 5.88 Å². The highest BCUT2D eigenvalue weighted by Gasteiger charge is 2.20. The van der Waals surface area contributed by atoms with Gasteiger partial charge in [-0.2, -0.15) is 4.68 Å². The highest BCUT2D eigenvalue weighted by Crippen LogP contribution is 2.20. The van der Waals surface area contributed by atoms with Crippen molar-refractivity contribution < 1.29 is 14.3 Å². The van der Waals surface area contributed by atoms with Crippen molar-refractivity contribution in [3.63, 3.8) is 0 Å². The van der Waals surface area contributed by atoms with Gasteiger partial charge in [-0.1, -0.05) is 24.6 Å². The average molecular weight is 442 g/mol. The molecule has 1 N–H and O–H groups in total. The number of hydrogen-bond donors (Lipinski definition) is 1. The number of benzene rings is 2. The molecular weight excluding hydrogens is 418 g/mol. The zero-order valence-corrected chi connectivity index (χ0v) is 18.3. The number of nitrogens with one attached hydrogen (secondary N) is 1. The van der Waals surface area contributed by atoms with Crippen LogP contribution < -0.4 is 20.3 Å². The molecule has 0 saturated carbocycles. The lowest BCUT2D eigenvalue weighted by molar-refractivity contribution is -0.123. The molecule has 7 nitrogen and oxygen atoms in total. The van der Waals surface area contributed by atoms with Crippen LogP contribution in [0.15, 0.2) is 59.4 Å². The molecule has 8 heteroatoms. The second kappa shape index (κ2) is 10.1. The number of hydrogen-bond acceptors (Lipinski definition) is 5. The normalized spacial score (nSPS) is 11.6. The Morgan fingerprint density at radius 1 is 1.13 bits per heavy atom. The molecule has 0 aliphatic heterocycles. The van der Waals surface area contributed by atoms with Crippen molar-refractivity contribution in [1.82, 2.24) is 9.78 Å². The molecule has 0 bridgehead atoms. The fraction of sp³-hybridized carbons (Fsp3) is 0.261. The number of carbonyl (C=O) groups excluding carboxylic acids is 1. The topological polar surface area (TPSA) is 82.5 Å². The molecule has 0 spiro atoms. The van der Waals surface area contributed by atoms with Crippen LogP contribution in [0.3, 0.4) is 0 Å². The van der Waals surface area contributed by atoms with E-state index in [9.17, 15) is 9.59 Å². The first-order valence-electron chi connectivity index (χ1n) is 9.98. The lowest BCUT2D eigenvalue weighted by Gasteiger charge is -2.17. The van der Waals surface area contributed by atoms with E-state index in [4.69, 9.17) is 21.1 Å². The Morgan fingerprint density at radius 2 is 1.87 bits per heavy atom. The van der Waals surface area contributed by atoms with Crippen LogP contribution in [-0.4, -0.2) is 28.4 Å². The van der Waals surface area contributed by atoms with Gasteiger partial charge in [-0.25, -0.2) is 0 Å². The standard InChI is InChI=1S/C23H24ClN3O4/c1-4-20(23(29)25-17-8-10-18(11-9-17)30-5-2)31-21-12-13-22(28)27(26-21)19-14-16(24)7-6-15(19)3/h6-14,20H,4-5H2,1-3H3,(H,25,29)/t20-/m1/s1. The third-order valence-electron chi connectivity index (χ3n) is 4.53. The highest BCUT2D eigenvalue weighted by atomic mass is 35.5. The van der Waals surface area contributed by atoms with Crippen LogP contribution in [0.25, 0.3) is 5.69 Å². The second-order valence-electron chi connectivity index (χ2n) is 6.81. The molecule has 1 aromatic heterocycles. The summed E-state index contributed by atoms with van der Waals surface area (Å²) in [6.45, 7) is 6.16. The fourth-order valence-corrected chi connectivity index (χ4v) is 3.10. The Kier molecular flexibility index (Phi) is 7.31. The number of nitrogens with zero attached hydrogens (tertiary/aromatic N) is 2. The van der Waals surface area contributed by atoms with Crippen molar-refractivity contribution >= 4 is 23.2 Å². The van der Waals surface area contributed by atoms with Crippen molar-refractivity contribution in [1.29, 1.82) is 0 Å². The number of amides is 1. The molecule has 3 aromatic rings. The van der Waals surface area contributed by atoms with E-state index < -0.39 is 6.10 Å². The second-order valence-corrected chi connectivity index (χ2v) is 7.25. The van der Waals surface area contributed by atoms with Gasteiger partial charge in [0.15, 0.2) is 6.10 Å². The number of ether oxygens (including phenoxy) is 2.